The van der Waals surface area contributed by atoms with E-state index < -0.39 is 0 Å². The average molecular weight is 294 g/mol. The van der Waals surface area contributed by atoms with Gasteiger partial charge in [0.25, 0.3) is 5.91 Å². The van der Waals surface area contributed by atoms with Crippen LogP contribution >= 0.6 is 0 Å². The van der Waals surface area contributed by atoms with Gasteiger partial charge < -0.3 is 4.90 Å². The molecule has 1 atom stereocenters. The van der Waals surface area contributed by atoms with Crippen molar-refractivity contribution in [3.8, 4) is 0 Å². The number of likely N-dealkylation sites (tertiary alicyclic amines) is 1. The Bertz CT molecular complexity index is 815. The summed E-state index contributed by atoms with van der Waals surface area (Å²) in [5, 5.41) is 4.19. The molecule has 0 unspecified atom stereocenters. The maximum Gasteiger partial charge on any atom is 0.259 e. The Balaban J connectivity index is 1.70. The third-order valence-corrected chi connectivity index (χ3v) is 3.95. The van der Waals surface area contributed by atoms with Crippen LogP contribution in [0.2, 0.25) is 0 Å². The average Bonchev–Trinajstić information content (AvgIpc) is 3.22. The lowest BCUT2D eigenvalue weighted by atomic mass is 10.1. The van der Waals surface area contributed by atoms with Crippen LogP contribution in [0.15, 0.2) is 43.2 Å². The molecule has 1 aliphatic heterocycles. The number of aromatic nitrogens is 5. The molecule has 1 fully saturated rings. The summed E-state index contributed by atoms with van der Waals surface area (Å²) >= 11 is 0. The van der Waals surface area contributed by atoms with Crippen molar-refractivity contribution in [3.63, 3.8) is 0 Å². The van der Waals surface area contributed by atoms with Gasteiger partial charge >= 0.3 is 0 Å². The monoisotopic (exact) mass is 294 g/mol. The molecule has 0 aromatic carbocycles. The Morgan fingerprint density at radius 3 is 3.00 bits per heavy atom. The standard InChI is InChI=1S/C15H14N6O/c22-15(11-9-19-21-8-2-4-18-14(11)21)20-7-1-3-13(20)12-10-16-5-6-17-12/h2,4-6,8-10,13H,1,3,7H2/t13-/m0/s1. The van der Waals surface area contributed by atoms with E-state index in [1.807, 2.05) is 4.90 Å². The molecule has 3 aromatic rings. The van der Waals surface area contributed by atoms with Crippen LogP contribution in [0, 0.1) is 0 Å². The zero-order valence-corrected chi connectivity index (χ0v) is 11.8. The van der Waals surface area contributed by atoms with Gasteiger partial charge in [0.2, 0.25) is 0 Å². The van der Waals surface area contributed by atoms with Crippen LogP contribution in [0.4, 0.5) is 0 Å². The van der Waals surface area contributed by atoms with E-state index in [-0.39, 0.29) is 11.9 Å². The molecule has 1 amide bonds. The van der Waals surface area contributed by atoms with Crippen molar-refractivity contribution >= 4 is 11.6 Å². The van der Waals surface area contributed by atoms with Crippen LogP contribution in [0.3, 0.4) is 0 Å². The fourth-order valence-electron chi connectivity index (χ4n) is 2.93. The Kier molecular flexibility index (Phi) is 3.03. The minimum absolute atomic E-state index is 0.0279. The molecule has 7 nitrogen and oxygen atoms in total. The number of rotatable bonds is 2. The summed E-state index contributed by atoms with van der Waals surface area (Å²) in [6.45, 7) is 0.713. The molecule has 0 bridgehead atoms. The number of fused-ring (bicyclic) bond motifs is 1. The van der Waals surface area contributed by atoms with Crippen LogP contribution in [0.5, 0.6) is 0 Å². The lowest BCUT2D eigenvalue weighted by Gasteiger charge is -2.23. The lowest BCUT2D eigenvalue weighted by molar-refractivity contribution is 0.0734. The lowest BCUT2D eigenvalue weighted by Crippen LogP contribution is -2.31. The van der Waals surface area contributed by atoms with E-state index in [1.165, 1.54) is 0 Å². The molecule has 0 radical (unpaired) electrons. The quantitative estimate of drug-likeness (QED) is 0.716. The van der Waals surface area contributed by atoms with Crippen molar-refractivity contribution in [3.05, 3.63) is 54.5 Å². The highest BCUT2D eigenvalue weighted by molar-refractivity contribution is 5.99. The maximum atomic E-state index is 12.9. The van der Waals surface area contributed by atoms with Crippen molar-refractivity contribution in [1.82, 2.24) is 29.5 Å². The molecule has 4 heterocycles. The molecule has 3 aromatic heterocycles. The minimum Gasteiger partial charge on any atom is -0.330 e. The van der Waals surface area contributed by atoms with Crippen LogP contribution in [-0.2, 0) is 0 Å². The van der Waals surface area contributed by atoms with Crippen LogP contribution in [0.25, 0.3) is 5.65 Å². The zero-order chi connectivity index (χ0) is 14.9. The first kappa shape index (κ1) is 12.9. The molecular weight excluding hydrogens is 280 g/mol. The molecule has 0 saturated carbocycles. The Morgan fingerprint density at radius 1 is 1.18 bits per heavy atom. The predicted octanol–water partition coefficient (Wildman–Crippen LogP) is 1.50. The van der Waals surface area contributed by atoms with E-state index in [2.05, 4.69) is 20.1 Å². The molecule has 1 aliphatic rings. The third kappa shape index (κ3) is 2.02. The van der Waals surface area contributed by atoms with Crippen molar-refractivity contribution in [1.29, 1.82) is 0 Å². The number of nitrogens with zero attached hydrogens (tertiary/aromatic N) is 6. The summed E-state index contributed by atoms with van der Waals surface area (Å²) in [5.74, 6) is -0.0538. The minimum atomic E-state index is -0.0538. The molecule has 0 N–H and O–H groups in total. The number of hydrogen-bond donors (Lipinski definition) is 0. The molecule has 0 spiro atoms. The summed E-state index contributed by atoms with van der Waals surface area (Å²) in [5.41, 5.74) is 1.94. The van der Waals surface area contributed by atoms with Crippen molar-refractivity contribution < 1.29 is 4.79 Å². The Labute approximate surface area is 126 Å². The van der Waals surface area contributed by atoms with Crippen LogP contribution < -0.4 is 0 Å². The second-order valence-corrected chi connectivity index (χ2v) is 5.23. The Morgan fingerprint density at radius 2 is 2.14 bits per heavy atom. The van der Waals surface area contributed by atoms with Gasteiger partial charge in [-0.2, -0.15) is 5.10 Å². The van der Waals surface area contributed by atoms with Crippen LogP contribution in [-0.4, -0.2) is 41.9 Å². The van der Waals surface area contributed by atoms with Gasteiger partial charge in [0.15, 0.2) is 5.65 Å². The molecule has 22 heavy (non-hydrogen) atoms. The van der Waals surface area contributed by atoms with Gasteiger partial charge in [-0.15, -0.1) is 0 Å². The van der Waals surface area contributed by atoms with Crippen LogP contribution in [0.1, 0.15) is 34.9 Å². The highest BCUT2D eigenvalue weighted by atomic mass is 16.2. The Hall–Kier alpha value is -2.83. The third-order valence-electron chi connectivity index (χ3n) is 3.95. The largest absolute Gasteiger partial charge is 0.330 e. The van der Waals surface area contributed by atoms with Gasteiger partial charge in [0.1, 0.15) is 5.56 Å². The normalized spacial score (nSPS) is 18.0. The fourth-order valence-corrected chi connectivity index (χ4v) is 2.93. The van der Waals surface area contributed by atoms with Crippen molar-refractivity contribution in [2.45, 2.75) is 18.9 Å². The summed E-state index contributed by atoms with van der Waals surface area (Å²) in [6, 6.07) is 1.76. The van der Waals surface area contributed by atoms with Crippen molar-refractivity contribution in [2.75, 3.05) is 6.54 Å². The summed E-state index contributed by atoms with van der Waals surface area (Å²) in [6.07, 6.45) is 11.9. The van der Waals surface area contributed by atoms with E-state index in [4.69, 9.17) is 0 Å². The highest BCUT2D eigenvalue weighted by Gasteiger charge is 2.33. The van der Waals surface area contributed by atoms with Gasteiger partial charge in [-0.05, 0) is 18.9 Å². The smallest absolute Gasteiger partial charge is 0.259 e. The first-order valence-electron chi connectivity index (χ1n) is 7.20. The predicted molar refractivity (Wildman–Crippen MR) is 78.0 cm³/mol. The van der Waals surface area contributed by atoms with Gasteiger partial charge in [-0.3, -0.25) is 14.8 Å². The van der Waals surface area contributed by atoms with Gasteiger partial charge in [0, 0.05) is 31.3 Å². The SMILES string of the molecule is O=C(c1cnn2cccnc12)N1CCC[C@H]1c1cnccn1. The number of amides is 1. The van der Waals surface area contributed by atoms with Gasteiger partial charge in [0.05, 0.1) is 24.1 Å². The van der Waals surface area contributed by atoms with Gasteiger partial charge in [-0.25, -0.2) is 9.50 Å². The number of carbonyl (C=O) groups excluding carboxylic acids is 1. The van der Waals surface area contributed by atoms with E-state index in [0.717, 1.165) is 18.5 Å². The molecular formula is C15H14N6O. The molecule has 0 aliphatic carbocycles. The number of hydrogen-bond acceptors (Lipinski definition) is 5. The first-order chi connectivity index (χ1) is 10.8. The molecule has 1 saturated heterocycles. The van der Waals surface area contributed by atoms with Gasteiger partial charge in [-0.1, -0.05) is 0 Å². The fraction of sp³-hybridized carbons (Fsp3) is 0.267. The maximum absolute atomic E-state index is 12.9. The first-order valence-corrected chi connectivity index (χ1v) is 7.20. The van der Waals surface area contributed by atoms with E-state index in [0.29, 0.717) is 17.8 Å². The molecule has 7 heteroatoms. The molecule has 4 rings (SSSR count). The topological polar surface area (TPSA) is 76.3 Å². The second kappa shape index (κ2) is 5.18. The van der Waals surface area contributed by atoms with E-state index >= 15 is 0 Å². The highest BCUT2D eigenvalue weighted by Crippen LogP contribution is 2.32. The van der Waals surface area contributed by atoms with E-state index in [9.17, 15) is 4.79 Å². The summed E-state index contributed by atoms with van der Waals surface area (Å²) in [4.78, 5) is 27.4. The second-order valence-electron chi connectivity index (χ2n) is 5.23. The molecule has 110 valence electrons. The summed E-state index contributed by atoms with van der Waals surface area (Å²) in [7, 11) is 0. The summed E-state index contributed by atoms with van der Waals surface area (Å²) < 4.78 is 1.61. The van der Waals surface area contributed by atoms with E-state index in [1.54, 1.807) is 47.8 Å². The number of carbonyl (C=O) groups is 1. The zero-order valence-electron chi connectivity index (χ0n) is 11.8. The van der Waals surface area contributed by atoms with Crippen molar-refractivity contribution in [2.24, 2.45) is 0 Å².